The Bertz CT molecular complexity index is 99.2. The molecular formula is C11H23N. The summed E-state index contributed by atoms with van der Waals surface area (Å²) in [6.45, 7) is 8.35. The van der Waals surface area contributed by atoms with Crippen molar-refractivity contribution >= 4 is 0 Å². The zero-order valence-corrected chi connectivity index (χ0v) is 8.68. The summed E-state index contributed by atoms with van der Waals surface area (Å²) in [4.78, 5) is 2.37. The predicted octanol–water partition coefficient (Wildman–Crippen LogP) is 3.07. The molecule has 0 spiro atoms. The Morgan fingerprint density at radius 2 is 1.83 bits per heavy atom. The van der Waals surface area contributed by atoms with E-state index in [0.717, 1.165) is 0 Å². The fourth-order valence-corrected chi connectivity index (χ4v) is 1.18. The van der Waals surface area contributed by atoms with Crippen molar-refractivity contribution in [3.8, 4) is 0 Å². The monoisotopic (exact) mass is 169 g/mol. The van der Waals surface area contributed by atoms with Gasteiger partial charge < -0.3 is 4.90 Å². The van der Waals surface area contributed by atoms with Crippen LogP contribution in [0.4, 0.5) is 0 Å². The molecule has 0 radical (unpaired) electrons. The summed E-state index contributed by atoms with van der Waals surface area (Å²) >= 11 is 0. The van der Waals surface area contributed by atoms with E-state index in [1.54, 1.807) is 0 Å². The van der Waals surface area contributed by atoms with Gasteiger partial charge in [-0.05, 0) is 39.4 Å². The smallest absolute Gasteiger partial charge is 0.00219 e. The number of rotatable bonds is 8. The average molecular weight is 169 g/mol. The lowest BCUT2D eigenvalue weighted by atomic mass is 10.1. The number of nitrogens with zero attached hydrogens (tertiary/aromatic N) is 1. The second-order valence-electron chi connectivity index (χ2n) is 3.39. The van der Waals surface area contributed by atoms with Gasteiger partial charge in [-0.15, -0.1) is 6.58 Å². The van der Waals surface area contributed by atoms with Crippen molar-refractivity contribution in [3.63, 3.8) is 0 Å². The lowest BCUT2D eigenvalue weighted by Crippen LogP contribution is -2.18. The van der Waals surface area contributed by atoms with Crippen molar-refractivity contribution in [2.24, 2.45) is 0 Å². The van der Waals surface area contributed by atoms with Crippen molar-refractivity contribution < 1.29 is 0 Å². The van der Waals surface area contributed by atoms with E-state index in [1.807, 2.05) is 6.08 Å². The van der Waals surface area contributed by atoms with E-state index in [4.69, 9.17) is 0 Å². The molecule has 0 saturated carbocycles. The van der Waals surface area contributed by atoms with E-state index < -0.39 is 0 Å². The third-order valence-corrected chi connectivity index (χ3v) is 2.24. The molecule has 0 fully saturated rings. The number of hydrogen-bond acceptors (Lipinski definition) is 1. The lowest BCUT2D eigenvalue weighted by molar-refractivity contribution is 0.341. The summed E-state index contributed by atoms with van der Waals surface area (Å²) in [6.07, 6.45) is 8.60. The minimum Gasteiger partial charge on any atom is -0.307 e. The molecule has 0 aromatic carbocycles. The van der Waals surface area contributed by atoms with Gasteiger partial charge in [0.25, 0.3) is 0 Å². The molecule has 0 amide bonds. The molecule has 0 N–H and O–H groups in total. The molecule has 0 aromatic rings. The Kier molecular flexibility index (Phi) is 8.57. The highest BCUT2D eigenvalue weighted by atomic mass is 15.1. The van der Waals surface area contributed by atoms with Gasteiger partial charge in [-0.3, -0.25) is 0 Å². The largest absolute Gasteiger partial charge is 0.307 e. The maximum atomic E-state index is 3.71. The highest BCUT2D eigenvalue weighted by molar-refractivity contribution is 4.65. The fourth-order valence-electron chi connectivity index (χ4n) is 1.18. The van der Waals surface area contributed by atoms with Crippen LogP contribution in [-0.2, 0) is 0 Å². The second kappa shape index (κ2) is 8.79. The van der Waals surface area contributed by atoms with Gasteiger partial charge in [0.1, 0.15) is 0 Å². The van der Waals surface area contributed by atoms with Gasteiger partial charge in [0.05, 0.1) is 0 Å². The second-order valence-corrected chi connectivity index (χ2v) is 3.39. The Morgan fingerprint density at radius 3 is 2.42 bits per heavy atom. The van der Waals surface area contributed by atoms with Gasteiger partial charge in [0, 0.05) is 0 Å². The van der Waals surface area contributed by atoms with Crippen LogP contribution < -0.4 is 0 Å². The summed E-state index contributed by atoms with van der Waals surface area (Å²) in [7, 11) is 2.18. The first-order valence-corrected chi connectivity index (χ1v) is 5.10. The predicted molar refractivity (Wildman–Crippen MR) is 56.5 cm³/mol. The standard InChI is InChI=1S/C11H23N/c1-4-6-7-8-9-10-11-12(3)5-2/h4H,1,5-11H2,2-3H3. The van der Waals surface area contributed by atoms with Crippen molar-refractivity contribution in [3.05, 3.63) is 12.7 Å². The van der Waals surface area contributed by atoms with Crippen LogP contribution in [0.2, 0.25) is 0 Å². The molecule has 1 heteroatoms. The minimum absolute atomic E-state index is 1.17. The van der Waals surface area contributed by atoms with Crippen LogP contribution in [0.5, 0.6) is 0 Å². The van der Waals surface area contributed by atoms with Crippen LogP contribution in [0.3, 0.4) is 0 Å². The molecule has 0 aromatic heterocycles. The van der Waals surface area contributed by atoms with E-state index in [-0.39, 0.29) is 0 Å². The van der Waals surface area contributed by atoms with Crippen LogP contribution >= 0.6 is 0 Å². The SMILES string of the molecule is C=CCCCCCCN(C)CC. The van der Waals surface area contributed by atoms with E-state index in [9.17, 15) is 0 Å². The third kappa shape index (κ3) is 7.80. The highest BCUT2D eigenvalue weighted by Gasteiger charge is 1.93. The highest BCUT2D eigenvalue weighted by Crippen LogP contribution is 2.03. The van der Waals surface area contributed by atoms with Crippen LogP contribution in [-0.4, -0.2) is 25.0 Å². The van der Waals surface area contributed by atoms with Gasteiger partial charge in [-0.25, -0.2) is 0 Å². The van der Waals surface area contributed by atoms with E-state index >= 15 is 0 Å². The maximum Gasteiger partial charge on any atom is -0.00219 e. The van der Waals surface area contributed by atoms with E-state index in [0.29, 0.717) is 0 Å². The van der Waals surface area contributed by atoms with Crippen LogP contribution in [0.1, 0.15) is 39.0 Å². The summed E-state index contributed by atoms with van der Waals surface area (Å²) in [5, 5.41) is 0. The van der Waals surface area contributed by atoms with Gasteiger partial charge in [0.15, 0.2) is 0 Å². The Balaban J connectivity index is 2.95. The van der Waals surface area contributed by atoms with E-state index in [1.165, 1.54) is 45.2 Å². The first-order chi connectivity index (χ1) is 5.81. The first kappa shape index (κ1) is 11.7. The summed E-state index contributed by atoms with van der Waals surface area (Å²) < 4.78 is 0. The van der Waals surface area contributed by atoms with Crippen LogP contribution in [0, 0.1) is 0 Å². The third-order valence-electron chi connectivity index (χ3n) is 2.24. The first-order valence-electron chi connectivity index (χ1n) is 5.10. The fraction of sp³-hybridized carbons (Fsp3) is 0.818. The summed E-state index contributed by atoms with van der Waals surface area (Å²) in [6, 6.07) is 0. The van der Waals surface area contributed by atoms with Gasteiger partial charge >= 0.3 is 0 Å². The molecule has 0 bridgehead atoms. The molecule has 0 atom stereocenters. The van der Waals surface area contributed by atoms with Crippen molar-refractivity contribution in [2.45, 2.75) is 39.0 Å². The molecule has 0 saturated heterocycles. The van der Waals surface area contributed by atoms with Gasteiger partial charge in [0.2, 0.25) is 0 Å². The molecule has 0 aliphatic rings. The lowest BCUT2D eigenvalue weighted by Gasteiger charge is -2.12. The number of unbranched alkanes of at least 4 members (excludes halogenated alkanes) is 4. The number of allylic oxidation sites excluding steroid dienone is 1. The molecule has 0 unspecified atom stereocenters. The molecule has 0 rings (SSSR count). The van der Waals surface area contributed by atoms with Crippen molar-refractivity contribution in [1.82, 2.24) is 4.90 Å². The molecule has 12 heavy (non-hydrogen) atoms. The Morgan fingerprint density at radius 1 is 1.17 bits per heavy atom. The molecule has 72 valence electrons. The Hall–Kier alpha value is -0.300. The van der Waals surface area contributed by atoms with Crippen LogP contribution in [0.25, 0.3) is 0 Å². The molecular weight excluding hydrogens is 146 g/mol. The normalized spacial score (nSPS) is 10.6. The zero-order chi connectivity index (χ0) is 9.23. The number of hydrogen-bond donors (Lipinski definition) is 0. The topological polar surface area (TPSA) is 3.24 Å². The maximum absolute atomic E-state index is 3.71. The summed E-state index contributed by atoms with van der Waals surface area (Å²) in [5.74, 6) is 0. The molecule has 0 aliphatic carbocycles. The van der Waals surface area contributed by atoms with Crippen molar-refractivity contribution in [1.29, 1.82) is 0 Å². The van der Waals surface area contributed by atoms with E-state index in [2.05, 4.69) is 25.5 Å². The van der Waals surface area contributed by atoms with Gasteiger partial charge in [-0.1, -0.05) is 25.8 Å². The zero-order valence-electron chi connectivity index (χ0n) is 8.68. The minimum atomic E-state index is 1.17. The average Bonchev–Trinajstić information content (AvgIpc) is 2.10. The van der Waals surface area contributed by atoms with Crippen LogP contribution in [0.15, 0.2) is 12.7 Å². The molecule has 0 aliphatic heterocycles. The molecule has 0 heterocycles. The summed E-state index contributed by atoms with van der Waals surface area (Å²) in [5.41, 5.74) is 0. The molecule has 1 nitrogen and oxygen atoms in total. The van der Waals surface area contributed by atoms with Crippen molar-refractivity contribution in [2.75, 3.05) is 20.1 Å². The quantitative estimate of drug-likeness (QED) is 0.399. The van der Waals surface area contributed by atoms with Gasteiger partial charge in [-0.2, -0.15) is 0 Å². The Labute approximate surface area is 77.5 Å².